The Morgan fingerprint density at radius 2 is 1.86 bits per heavy atom. The lowest BCUT2D eigenvalue weighted by atomic mass is 10.1. The number of anilines is 1. The van der Waals surface area contributed by atoms with Gasteiger partial charge in [-0.15, -0.1) is 0 Å². The summed E-state index contributed by atoms with van der Waals surface area (Å²) < 4.78 is 5.19. The standard InChI is InChI=1S/C10H12ClNO2/c1-6-4-8(12-10(11)13)5-7(2)9(6)14-3/h4-5H,1-3H3,(H,12,13). The van der Waals surface area contributed by atoms with Crippen molar-refractivity contribution in [3.63, 3.8) is 0 Å². The van der Waals surface area contributed by atoms with Gasteiger partial charge in [0.05, 0.1) is 7.11 Å². The van der Waals surface area contributed by atoms with Crippen LogP contribution in [0, 0.1) is 13.8 Å². The minimum Gasteiger partial charge on any atom is -0.496 e. The summed E-state index contributed by atoms with van der Waals surface area (Å²) >= 11 is 5.21. The Morgan fingerprint density at radius 3 is 2.21 bits per heavy atom. The van der Waals surface area contributed by atoms with Gasteiger partial charge in [-0.1, -0.05) is 0 Å². The zero-order valence-electron chi connectivity index (χ0n) is 8.35. The lowest BCUT2D eigenvalue weighted by Crippen LogP contribution is -2.02. The fourth-order valence-electron chi connectivity index (χ4n) is 1.46. The molecule has 1 rings (SSSR count). The minimum absolute atomic E-state index is 0.589. The molecule has 0 aliphatic heterocycles. The molecule has 0 fully saturated rings. The molecule has 0 aliphatic carbocycles. The Bertz CT molecular complexity index is 340. The van der Waals surface area contributed by atoms with Crippen LogP contribution in [-0.4, -0.2) is 12.5 Å². The van der Waals surface area contributed by atoms with Gasteiger partial charge in [-0.25, -0.2) is 0 Å². The second-order valence-corrected chi connectivity index (χ2v) is 3.39. The highest BCUT2D eigenvalue weighted by atomic mass is 35.5. The van der Waals surface area contributed by atoms with Crippen LogP contribution in [0.4, 0.5) is 10.5 Å². The number of aryl methyl sites for hydroxylation is 2. The fraction of sp³-hybridized carbons (Fsp3) is 0.300. The normalized spacial score (nSPS) is 9.71. The summed E-state index contributed by atoms with van der Waals surface area (Å²) in [5.74, 6) is 0.831. The molecule has 1 N–H and O–H groups in total. The fourth-order valence-corrected chi connectivity index (χ4v) is 1.57. The molecule has 0 aromatic heterocycles. The zero-order chi connectivity index (χ0) is 10.7. The smallest absolute Gasteiger partial charge is 0.318 e. The number of carbonyl (C=O) groups is 1. The first-order valence-corrected chi connectivity index (χ1v) is 4.54. The highest BCUT2D eigenvalue weighted by Crippen LogP contribution is 2.26. The van der Waals surface area contributed by atoms with E-state index in [1.165, 1.54) is 0 Å². The second kappa shape index (κ2) is 4.33. The number of methoxy groups -OCH3 is 1. The lowest BCUT2D eigenvalue weighted by Gasteiger charge is -2.10. The van der Waals surface area contributed by atoms with Crippen molar-refractivity contribution in [1.29, 1.82) is 0 Å². The van der Waals surface area contributed by atoms with Crippen LogP contribution in [0.5, 0.6) is 5.75 Å². The molecule has 0 spiro atoms. The van der Waals surface area contributed by atoms with E-state index in [9.17, 15) is 4.79 Å². The van der Waals surface area contributed by atoms with E-state index in [1.54, 1.807) is 7.11 Å². The van der Waals surface area contributed by atoms with E-state index in [4.69, 9.17) is 16.3 Å². The first kappa shape index (κ1) is 10.9. The van der Waals surface area contributed by atoms with Crippen molar-refractivity contribution in [2.45, 2.75) is 13.8 Å². The van der Waals surface area contributed by atoms with Gasteiger partial charge in [-0.2, -0.15) is 0 Å². The summed E-state index contributed by atoms with van der Waals surface area (Å²) in [6.07, 6.45) is 0. The lowest BCUT2D eigenvalue weighted by molar-refractivity contribution is 0.269. The van der Waals surface area contributed by atoms with E-state index in [1.807, 2.05) is 26.0 Å². The highest BCUT2D eigenvalue weighted by molar-refractivity contribution is 6.65. The third-order valence-electron chi connectivity index (χ3n) is 1.91. The van der Waals surface area contributed by atoms with Crippen molar-refractivity contribution in [1.82, 2.24) is 0 Å². The van der Waals surface area contributed by atoms with E-state index >= 15 is 0 Å². The van der Waals surface area contributed by atoms with Crippen LogP contribution < -0.4 is 10.1 Å². The quantitative estimate of drug-likeness (QED) is 0.606. The van der Waals surface area contributed by atoms with Gasteiger partial charge in [0.15, 0.2) is 0 Å². The van der Waals surface area contributed by atoms with Gasteiger partial charge in [0, 0.05) is 5.69 Å². The maximum absolute atomic E-state index is 10.6. The van der Waals surface area contributed by atoms with Gasteiger partial charge < -0.3 is 10.1 Å². The Balaban J connectivity index is 3.07. The Morgan fingerprint density at radius 1 is 1.36 bits per heavy atom. The first-order chi connectivity index (χ1) is 6.54. The third-order valence-corrected chi connectivity index (χ3v) is 2.00. The van der Waals surface area contributed by atoms with E-state index < -0.39 is 5.37 Å². The average molecular weight is 214 g/mol. The number of hydrogen-bond acceptors (Lipinski definition) is 2. The summed E-state index contributed by atoms with van der Waals surface area (Å²) in [5.41, 5.74) is 2.61. The van der Waals surface area contributed by atoms with Gasteiger partial charge >= 0.3 is 5.37 Å². The Hall–Kier alpha value is -1.22. The SMILES string of the molecule is COc1c(C)cc(NC(=O)Cl)cc1C. The van der Waals surface area contributed by atoms with E-state index in [-0.39, 0.29) is 0 Å². The number of ether oxygens (including phenoxy) is 1. The Labute approximate surface area is 88.0 Å². The number of hydrogen-bond donors (Lipinski definition) is 1. The molecule has 0 bridgehead atoms. The van der Waals surface area contributed by atoms with Gasteiger partial charge in [-0.3, -0.25) is 4.79 Å². The van der Waals surface area contributed by atoms with Crippen molar-refractivity contribution in [2.75, 3.05) is 12.4 Å². The third kappa shape index (κ3) is 2.39. The van der Waals surface area contributed by atoms with Crippen molar-refractivity contribution < 1.29 is 9.53 Å². The largest absolute Gasteiger partial charge is 0.496 e. The first-order valence-electron chi connectivity index (χ1n) is 4.16. The molecule has 76 valence electrons. The molecule has 0 saturated carbocycles. The molecule has 4 heteroatoms. The summed E-state index contributed by atoms with van der Waals surface area (Å²) in [6, 6.07) is 3.62. The van der Waals surface area contributed by atoms with E-state index in [0.29, 0.717) is 5.69 Å². The molecule has 1 amide bonds. The molecule has 14 heavy (non-hydrogen) atoms. The van der Waals surface area contributed by atoms with Crippen molar-refractivity contribution in [2.24, 2.45) is 0 Å². The molecule has 0 saturated heterocycles. The number of rotatable bonds is 2. The van der Waals surface area contributed by atoms with Crippen LogP contribution in [0.25, 0.3) is 0 Å². The predicted octanol–water partition coefficient (Wildman–Crippen LogP) is 3.08. The van der Waals surface area contributed by atoms with Crippen molar-refractivity contribution in [3.05, 3.63) is 23.3 Å². The van der Waals surface area contributed by atoms with Crippen LogP contribution in [-0.2, 0) is 0 Å². The van der Waals surface area contributed by atoms with E-state index in [2.05, 4.69) is 5.32 Å². The molecule has 0 unspecified atom stereocenters. The summed E-state index contributed by atoms with van der Waals surface area (Å²) in [6.45, 7) is 3.82. The van der Waals surface area contributed by atoms with Crippen LogP contribution in [0.15, 0.2) is 12.1 Å². The average Bonchev–Trinajstić information content (AvgIpc) is 2.01. The van der Waals surface area contributed by atoms with Crippen LogP contribution in [0.2, 0.25) is 0 Å². The van der Waals surface area contributed by atoms with Gasteiger partial charge in [0.2, 0.25) is 0 Å². The molecule has 1 aromatic rings. The predicted molar refractivity (Wildman–Crippen MR) is 57.3 cm³/mol. The van der Waals surface area contributed by atoms with Gasteiger partial charge in [-0.05, 0) is 48.7 Å². The molecule has 3 nitrogen and oxygen atoms in total. The molecule has 0 heterocycles. The highest BCUT2D eigenvalue weighted by Gasteiger charge is 2.06. The maximum atomic E-state index is 10.6. The van der Waals surface area contributed by atoms with Crippen LogP contribution >= 0.6 is 11.6 Å². The monoisotopic (exact) mass is 213 g/mol. The van der Waals surface area contributed by atoms with E-state index in [0.717, 1.165) is 16.9 Å². The van der Waals surface area contributed by atoms with Crippen molar-refractivity contribution in [3.8, 4) is 5.75 Å². The van der Waals surface area contributed by atoms with Gasteiger partial charge in [0.25, 0.3) is 0 Å². The van der Waals surface area contributed by atoms with Crippen LogP contribution in [0.3, 0.4) is 0 Å². The summed E-state index contributed by atoms with van der Waals surface area (Å²) in [5, 5.41) is 1.92. The number of carbonyl (C=O) groups excluding carboxylic acids is 1. The molecule has 0 atom stereocenters. The van der Waals surface area contributed by atoms with Crippen LogP contribution in [0.1, 0.15) is 11.1 Å². The minimum atomic E-state index is -0.589. The maximum Gasteiger partial charge on any atom is 0.318 e. The molecule has 0 aliphatic rings. The number of benzene rings is 1. The number of halogens is 1. The number of nitrogens with one attached hydrogen (secondary N) is 1. The summed E-state index contributed by atoms with van der Waals surface area (Å²) in [4.78, 5) is 10.6. The summed E-state index contributed by atoms with van der Waals surface area (Å²) in [7, 11) is 1.62. The topological polar surface area (TPSA) is 38.3 Å². The molecular weight excluding hydrogens is 202 g/mol. The van der Waals surface area contributed by atoms with Gasteiger partial charge in [0.1, 0.15) is 5.75 Å². The number of amides is 1. The second-order valence-electron chi connectivity index (χ2n) is 3.04. The zero-order valence-corrected chi connectivity index (χ0v) is 9.11. The molecule has 1 aromatic carbocycles. The Kier molecular flexibility index (Phi) is 3.36. The molecular formula is C10H12ClNO2. The molecule has 0 radical (unpaired) electrons. The van der Waals surface area contributed by atoms with Crippen molar-refractivity contribution >= 4 is 22.7 Å².